The highest BCUT2D eigenvalue weighted by atomic mass is 16.5. The molecule has 2 N–H and O–H groups in total. The fourth-order valence-electron chi connectivity index (χ4n) is 2.88. The molecule has 0 aromatic heterocycles. The molecule has 0 radical (unpaired) electrons. The van der Waals surface area contributed by atoms with E-state index in [1.807, 2.05) is 36.4 Å². The van der Waals surface area contributed by atoms with E-state index in [0.29, 0.717) is 18.0 Å². The Labute approximate surface area is 142 Å². The smallest absolute Gasteiger partial charge is 0.319 e. The predicted octanol–water partition coefficient (Wildman–Crippen LogP) is 3.74. The van der Waals surface area contributed by atoms with Crippen LogP contribution >= 0.6 is 0 Å². The van der Waals surface area contributed by atoms with Crippen molar-refractivity contribution < 1.29 is 14.3 Å². The summed E-state index contributed by atoms with van der Waals surface area (Å²) in [5, 5.41) is 5.88. The highest BCUT2D eigenvalue weighted by Crippen LogP contribution is 2.28. The minimum Gasteiger partial charge on any atom is -0.497 e. The number of methoxy groups -OCH3 is 1. The quantitative estimate of drug-likeness (QED) is 0.900. The Morgan fingerprint density at radius 3 is 2.79 bits per heavy atom. The van der Waals surface area contributed by atoms with Crippen LogP contribution in [0.25, 0.3) is 0 Å². The summed E-state index contributed by atoms with van der Waals surface area (Å²) < 4.78 is 11.0. The second kappa shape index (κ2) is 7.84. The predicted molar refractivity (Wildman–Crippen MR) is 93.3 cm³/mol. The molecule has 1 fully saturated rings. The van der Waals surface area contributed by atoms with Crippen LogP contribution in [0.2, 0.25) is 0 Å². The van der Waals surface area contributed by atoms with E-state index in [2.05, 4.69) is 22.8 Å². The number of carbonyl (C=O) groups excluding carboxylic acids is 1. The molecule has 126 valence electrons. The molecule has 0 saturated carbocycles. The Morgan fingerprint density at radius 1 is 1.17 bits per heavy atom. The van der Waals surface area contributed by atoms with Gasteiger partial charge in [-0.1, -0.05) is 36.4 Å². The average molecular weight is 326 g/mol. The summed E-state index contributed by atoms with van der Waals surface area (Å²) >= 11 is 0. The van der Waals surface area contributed by atoms with Gasteiger partial charge in [0.25, 0.3) is 0 Å². The van der Waals surface area contributed by atoms with Gasteiger partial charge in [0.1, 0.15) is 5.75 Å². The third-order valence-electron chi connectivity index (χ3n) is 4.12. The molecule has 3 rings (SSSR count). The van der Waals surface area contributed by atoms with Crippen molar-refractivity contribution in [2.24, 2.45) is 0 Å². The molecular formula is C19H22N2O3. The molecule has 0 spiro atoms. The van der Waals surface area contributed by atoms with Gasteiger partial charge in [0.2, 0.25) is 0 Å². The van der Waals surface area contributed by atoms with Gasteiger partial charge in [-0.2, -0.15) is 0 Å². The molecule has 1 saturated heterocycles. The van der Waals surface area contributed by atoms with Crippen molar-refractivity contribution >= 4 is 11.7 Å². The van der Waals surface area contributed by atoms with Gasteiger partial charge in [0.15, 0.2) is 0 Å². The van der Waals surface area contributed by atoms with Gasteiger partial charge < -0.3 is 20.1 Å². The summed E-state index contributed by atoms with van der Waals surface area (Å²) in [4.78, 5) is 12.2. The number of amides is 2. The number of hydrogen-bond donors (Lipinski definition) is 2. The summed E-state index contributed by atoms with van der Waals surface area (Å²) in [6, 6.07) is 17.3. The molecule has 0 unspecified atom stereocenters. The molecule has 24 heavy (non-hydrogen) atoms. The van der Waals surface area contributed by atoms with Crippen LogP contribution in [0.3, 0.4) is 0 Å². The first-order valence-electron chi connectivity index (χ1n) is 8.13. The number of anilines is 1. The number of hydrogen-bond acceptors (Lipinski definition) is 3. The molecular weight excluding hydrogens is 304 g/mol. The summed E-state index contributed by atoms with van der Waals surface area (Å²) in [5.41, 5.74) is 1.86. The van der Waals surface area contributed by atoms with Crippen LogP contribution in [0.5, 0.6) is 5.75 Å². The zero-order chi connectivity index (χ0) is 16.8. The zero-order valence-electron chi connectivity index (χ0n) is 13.7. The van der Waals surface area contributed by atoms with E-state index in [1.165, 1.54) is 0 Å². The molecule has 2 atom stereocenters. The van der Waals surface area contributed by atoms with Crippen molar-refractivity contribution in [1.82, 2.24) is 5.32 Å². The number of nitrogens with one attached hydrogen (secondary N) is 2. The van der Waals surface area contributed by atoms with Crippen molar-refractivity contribution in [3.8, 4) is 5.75 Å². The van der Waals surface area contributed by atoms with Crippen molar-refractivity contribution in [1.29, 1.82) is 0 Å². The summed E-state index contributed by atoms with van der Waals surface area (Å²) in [7, 11) is 1.60. The molecule has 1 aliphatic rings. The first kappa shape index (κ1) is 16.3. The largest absolute Gasteiger partial charge is 0.497 e. The van der Waals surface area contributed by atoms with Crippen molar-refractivity contribution in [2.45, 2.75) is 25.0 Å². The molecule has 1 heterocycles. The normalized spacial score (nSPS) is 20.2. The van der Waals surface area contributed by atoms with Gasteiger partial charge in [0, 0.05) is 24.4 Å². The van der Waals surface area contributed by atoms with E-state index < -0.39 is 0 Å². The van der Waals surface area contributed by atoms with Gasteiger partial charge in [-0.25, -0.2) is 4.79 Å². The van der Waals surface area contributed by atoms with Gasteiger partial charge in [-0.3, -0.25) is 0 Å². The van der Waals surface area contributed by atoms with Gasteiger partial charge in [-0.05, 0) is 30.5 Å². The highest BCUT2D eigenvalue weighted by molar-refractivity contribution is 5.89. The number of rotatable bonds is 4. The first-order valence-corrected chi connectivity index (χ1v) is 8.13. The molecule has 2 amide bonds. The lowest BCUT2D eigenvalue weighted by atomic mass is 9.97. The van der Waals surface area contributed by atoms with Gasteiger partial charge >= 0.3 is 6.03 Å². The van der Waals surface area contributed by atoms with Crippen molar-refractivity contribution in [2.75, 3.05) is 19.0 Å². The Balaban J connectivity index is 1.56. The van der Waals surface area contributed by atoms with Crippen molar-refractivity contribution in [3.05, 3.63) is 60.2 Å². The van der Waals surface area contributed by atoms with E-state index in [4.69, 9.17) is 9.47 Å². The minimum absolute atomic E-state index is 0.0297. The third kappa shape index (κ3) is 4.26. The van der Waals surface area contributed by atoms with Gasteiger partial charge in [0.05, 0.1) is 13.2 Å². The van der Waals surface area contributed by atoms with Crippen LogP contribution < -0.4 is 15.4 Å². The van der Waals surface area contributed by atoms with Crippen molar-refractivity contribution in [3.63, 3.8) is 0 Å². The fourth-order valence-corrected chi connectivity index (χ4v) is 2.88. The SMILES string of the molecule is COc1cccc(NC(=O)N[C@H]2CCO[C@H](c3ccccc3)C2)c1. The van der Waals surface area contributed by atoms with E-state index in [-0.39, 0.29) is 18.2 Å². The minimum atomic E-state index is -0.207. The number of benzene rings is 2. The topological polar surface area (TPSA) is 59.6 Å². The first-order chi connectivity index (χ1) is 11.7. The molecule has 5 heteroatoms. The summed E-state index contributed by atoms with van der Waals surface area (Å²) in [6.45, 7) is 0.643. The van der Waals surface area contributed by atoms with E-state index in [1.54, 1.807) is 13.2 Å². The fraction of sp³-hybridized carbons (Fsp3) is 0.316. The second-order valence-electron chi connectivity index (χ2n) is 5.82. The molecule has 1 aliphatic heterocycles. The number of carbonyl (C=O) groups is 1. The molecule has 0 aliphatic carbocycles. The lowest BCUT2D eigenvalue weighted by Crippen LogP contribution is -2.42. The molecule has 2 aromatic rings. The Kier molecular flexibility index (Phi) is 5.33. The van der Waals surface area contributed by atoms with E-state index in [0.717, 1.165) is 18.4 Å². The average Bonchev–Trinajstić information content (AvgIpc) is 2.63. The maximum Gasteiger partial charge on any atom is 0.319 e. The number of urea groups is 1. The lowest BCUT2D eigenvalue weighted by Gasteiger charge is -2.30. The van der Waals surface area contributed by atoms with Crippen LogP contribution in [-0.4, -0.2) is 25.8 Å². The summed E-state index contributed by atoms with van der Waals surface area (Å²) in [5.74, 6) is 0.711. The van der Waals surface area contributed by atoms with Crippen LogP contribution in [0.1, 0.15) is 24.5 Å². The Bertz CT molecular complexity index is 675. The van der Waals surface area contributed by atoms with E-state index in [9.17, 15) is 4.79 Å². The monoisotopic (exact) mass is 326 g/mol. The second-order valence-corrected chi connectivity index (χ2v) is 5.82. The maximum absolute atomic E-state index is 12.2. The standard InChI is InChI=1S/C19H22N2O3/c1-23-17-9-5-8-15(12-17)20-19(22)21-16-10-11-24-18(13-16)14-6-3-2-4-7-14/h2-9,12,16,18H,10-11,13H2,1H3,(H2,20,21,22)/t16-,18-/m0/s1. The van der Waals surface area contributed by atoms with Crippen LogP contribution in [0, 0.1) is 0 Å². The Hall–Kier alpha value is -2.53. The van der Waals surface area contributed by atoms with Gasteiger partial charge in [-0.15, -0.1) is 0 Å². The van der Waals surface area contributed by atoms with Crippen LogP contribution in [0.4, 0.5) is 10.5 Å². The lowest BCUT2D eigenvalue weighted by molar-refractivity contribution is 0.00254. The van der Waals surface area contributed by atoms with Crippen LogP contribution in [0.15, 0.2) is 54.6 Å². The Morgan fingerprint density at radius 2 is 2.00 bits per heavy atom. The van der Waals surface area contributed by atoms with E-state index >= 15 is 0 Å². The maximum atomic E-state index is 12.2. The number of ether oxygens (including phenoxy) is 2. The molecule has 2 aromatic carbocycles. The molecule has 5 nitrogen and oxygen atoms in total. The third-order valence-corrected chi connectivity index (χ3v) is 4.12. The molecule has 0 bridgehead atoms. The van der Waals surface area contributed by atoms with Crippen LogP contribution in [-0.2, 0) is 4.74 Å². The summed E-state index contributed by atoms with van der Waals surface area (Å²) in [6.07, 6.45) is 1.62. The zero-order valence-corrected chi connectivity index (χ0v) is 13.7. The highest BCUT2D eigenvalue weighted by Gasteiger charge is 2.25.